The summed E-state index contributed by atoms with van der Waals surface area (Å²) in [7, 11) is -3.69. The third-order valence-electron chi connectivity index (χ3n) is 3.50. The van der Waals surface area contributed by atoms with Crippen molar-refractivity contribution in [1.29, 1.82) is 0 Å². The maximum Gasteiger partial charge on any atom is 0.242 e. The van der Waals surface area contributed by atoms with Gasteiger partial charge >= 0.3 is 0 Å². The van der Waals surface area contributed by atoms with Crippen LogP contribution in [0.25, 0.3) is 0 Å². The van der Waals surface area contributed by atoms with Crippen LogP contribution in [0.1, 0.15) is 24.8 Å². The Morgan fingerprint density at radius 3 is 2.57 bits per heavy atom. The Morgan fingerprint density at radius 2 is 1.95 bits per heavy atom. The number of amides is 1. The molecular formula is C14H19BrN2O3S. The highest BCUT2D eigenvalue weighted by Crippen LogP contribution is 2.22. The van der Waals surface area contributed by atoms with Gasteiger partial charge in [-0.1, -0.05) is 6.07 Å². The van der Waals surface area contributed by atoms with E-state index in [1.807, 2.05) is 6.92 Å². The number of benzene rings is 1. The second-order valence-electron chi connectivity index (χ2n) is 5.20. The third kappa shape index (κ3) is 4.28. The molecule has 1 aromatic rings. The minimum Gasteiger partial charge on any atom is -0.342 e. The van der Waals surface area contributed by atoms with E-state index < -0.39 is 10.0 Å². The van der Waals surface area contributed by atoms with Crippen molar-refractivity contribution >= 4 is 31.9 Å². The predicted molar refractivity (Wildman–Crippen MR) is 84.5 cm³/mol. The normalized spacial score (nSPS) is 16.0. The number of carbonyl (C=O) groups excluding carboxylic acids is 1. The van der Waals surface area contributed by atoms with Crippen molar-refractivity contribution in [3.63, 3.8) is 0 Å². The van der Waals surface area contributed by atoms with E-state index >= 15 is 0 Å². The number of nitrogens with zero attached hydrogens (tertiary/aromatic N) is 1. The molecule has 7 heteroatoms. The largest absolute Gasteiger partial charge is 0.342 e. The third-order valence-corrected chi connectivity index (χ3v) is 5.88. The zero-order chi connectivity index (χ0) is 15.5. The van der Waals surface area contributed by atoms with E-state index in [4.69, 9.17) is 0 Å². The molecule has 0 aliphatic carbocycles. The second kappa shape index (κ2) is 6.89. The number of sulfonamides is 1. The van der Waals surface area contributed by atoms with Gasteiger partial charge in [0.25, 0.3) is 0 Å². The topological polar surface area (TPSA) is 66.5 Å². The molecule has 0 spiro atoms. The molecular weight excluding hydrogens is 356 g/mol. The van der Waals surface area contributed by atoms with Crippen molar-refractivity contribution in [2.75, 3.05) is 19.6 Å². The molecule has 1 fully saturated rings. The molecule has 1 amide bonds. The van der Waals surface area contributed by atoms with Gasteiger partial charge in [0.2, 0.25) is 15.9 Å². The number of rotatable bonds is 4. The van der Waals surface area contributed by atoms with Gasteiger partial charge in [0, 0.05) is 17.6 Å². The zero-order valence-corrected chi connectivity index (χ0v) is 14.3. The van der Waals surface area contributed by atoms with Crippen LogP contribution in [0.4, 0.5) is 0 Å². The summed E-state index contributed by atoms with van der Waals surface area (Å²) in [5.74, 6) is -0.165. The second-order valence-corrected chi connectivity index (χ2v) is 7.79. The van der Waals surface area contributed by atoms with E-state index in [-0.39, 0.29) is 17.3 Å². The van der Waals surface area contributed by atoms with Crippen molar-refractivity contribution in [2.24, 2.45) is 0 Å². The first-order valence-corrected chi connectivity index (χ1v) is 9.21. The summed E-state index contributed by atoms with van der Waals surface area (Å²) in [6.07, 6.45) is 3.11. The van der Waals surface area contributed by atoms with Crippen LogP contribution in [0.2, 0.25) is 0 Å². The van der Waals surface area contributed by atoms with Gasteiger partial charge in [0.1, 0.15) is 0 Å². The van der Waals surface area contributed by atoms with Crippen LogP contribution in [-0.4, -0.2) is 38.9 Å². The van der Waals surface area contributed by atoms with Crippen molar-refractivity contribution in [3.8, 4) is 0 Å². The van der Waals surface area contributed by atoms with E-state index in [1.54, 1.807) is 17.0 Å². The van der Waals surface area contributed by atoms with Gasteiger partial charge in [-0.3, -0.25) is 4.79 Å². The monoisotopic (exact) mass is 374 g/mol. The highest BCUT2D eigenvalue weighted by Gasteiger charge is 2.21. The van der Waals surface area contributed by atoms with Crippen LogP contribution in [0.15, 0.2) is 27.6 Å². The van der Waals surface area contributed by atoms with Crippen LogP contribution in [0.3, 0.4) is 0 Å². The van der Waals surface area contributed by atoms with E-state index in [0.717, 1.165) is 37.9 Å². The number of hydrogen-bond acceptors (Lipinski definition) is 3. The number of piperidine rings is 1. The average molecular weight is 375 g/mol. The van der Waals surface area contributed by atoms with Crippen LogP contribution in [0.5, 0.6) is 0 Å². The summed E-state index contributed by atoms with van der Waals surface area (Å²) in [5, 5.41) is 0. The van der Waals surface area contributed by atoms with Gasteiger partial charge in [-0.05, 0) is 59.8 Å². The molecule has 1 aromatic carbocycles. The SMILES string of the molecule is Cc1ccc(S(=O)(=O)NCC(=O)N2CCCCC2)c(Br)c1. The minimum absolute atomic E-state index is 0.152. The van der Waals surface area contributed by atoms with Crippen molar-refractivity contribution in [3.05, 3.63) is 28.2 Å². The Labute approximate surface area is 133 Å². The highest BCUT2D eigenvalue weighted by molar-refractivity contribution is 9.10. The van der Waals surface area contributed by atoms with Crippen LogP contribution in [-0.2, 0) is 14.8 Å². The average Bonchev–Trinajstić information content (AvgIpc) is 2.45. The first-order chi connectivity index (χ1) is 9.90. The van der Waals surface area contributed by atoms with E-state index in [9.17, 15) is 13.2 Å². The fourth-order valence-corrected chi connectivity index (χ4v) is 4.48. The number of aryl methyl sites for hydroxylation is 1. The Kier molecular flexibility index (Phi) is 5.40. The molecule has 0 atom stereocenters. The fraction of sp³-hybridized carbons (Fsp3) is 0.500. The number of carbonyl (C=O) groups is 1. The molecule has 1 N–H and O–H groups in total. The fourth-order valence-electron chi connectivity index (χ4n) is 2.31. The van der Waals surface area contributed by atoms with Gasteiger partial charge in [-0.2, -0.15) is 0 Å². The van der Waals surface area contributed by atoms with Crippen molar-refractivity contribution in [2.45, 2.75) is 31.1 Å². The molecule has 0 radical (unpaired) electrons. The van der Waals surface area contributed by atoms with Crippen LogP contribution in [0, 0.1) is 6.92 Å². The summed E-state index contributed by atoms with van der Waals surface area (Å²) in [4.78, 5) is 13.9. The molecule has 0 unspecified atom stereocenters. The first-order valence-electron chi connectivity index (χ1n) is 6.94. The predicted octanol–water partition coefficient (Wildman–Crippen LogP) is 2.05. The Bertz CT molecular complexity index is 625. The summed E-state index contributed by atoms with van der Waals surface area (Å²) < 4.78 is 27.4. The highest BCUT2D eigenvalue weighted by atomic mass is 79.9. The number of hydrogen-bond donors (Lipinski definition) is 1. The molecule has 5 nitrogen and oxygen atoms in total. The molecule has 0 aromatic heterocycles. The Morgan fingerprint density at radius 1 is 1.29 bits per heavy atom. The number of halogens is 1. The molecule has 1 aliphatic rings. The van der Waals surface area contributed by atoms with Gasteiger partial charge in [-0.15, -0.1) is 0 Å². The molecule has 0 bridgehead atoms. The van der Waals surface area contributed by atoms with Gasteiger partial charge in [0.15, 0.2) is 0 Å². The maximum absolute atomic E-state index is 12.2. The maximum atomic E-state index is 12.2. The summed E-state index contributed by atoms with van der Waals surface area (Å²) in [6, 6.07) is 5.00. The van der Waals surface area contributed by atoms with E-state index in [2.05, 4.69) is 20.7 Å². The summed E-state index contributed by atoms with van der Waals surface area (Å²) >= 11 is 3.25. The lowest BCUT2D eigenvalue weighted by Crippen LogP contribution is -2.42. The number of nitrogens with one attached hydrogen (secondary N) is 1. The van der Waals surface area contributed by atoms with Crippen LogP contribution < -0.4 is 4.72 Å². The minimum atomic E-state index is -3.69. The molecule has 0 saturated carbocycles. The van der Waals surface area contributed by atoms with Gasteiger partial charge in [-0.25, -0.2) is 13.1 Å². The quantitative estimate of drug-likeness (QED) is 0.876. The smallest absolute Gasteiger partial charge is 0.242 e. The number of likely N-dealkylation sites (tertiary alicyclic amines) is 1. The molecule has 1 aliphatic heterocycles. The Balaban J connectivity index is 2.02. The van der Waals surface area contributed by atoms with Gasteiger partial charge in [0.05, 0.1) is 11.4 Å². The zero-order valence-electron chi connectivity index (χ0n) is 11.9. The van der Waals surface area contributed by atoms with E-state index in [0.29, 0.717) is 4.47 Å². The summed E-state index contributed by atoms with van der Waals surface area (Å²) in [6.45, 7) is 3.13. The van der Waals surface area contributed by atoms with E-state index in [1.165, 1.54) is 6.07 Å². The van der Waals surface area contributed by atoms with Crippen molar-refractivity contribution in [1.82, 2.24) is 9.62 Å². The van der Waals surface area contributed by atoms with Crippen LogP contribution >= 0.6 is 15.9 Å². The van der Waals surface area contributed by atoms with Gasteiger partial charge < -0.3 is 4.90 Å². The van der Waals surface area contributed by atoms with Crippen molar-refractivity contribution < 1.29 is 13.2 Å². The molecule has 21 heavy (non-hydrogen) atoms. The first kappa shape index (κ1) is 16.5. The lowest BCUT2D eigenvalue weighted by molar-refractivity contribution is -0.130. The molecule has 2 rings (SSSR count). The molecule has 1 heterocycles. The Hall–Kier alpha value is -0.920. The molecule has 1 saturated heterocycles. The molecule has 116 valence electrons. The summed E-state index contributed by atoms with van der Waals surface area (Å²) in [5.41, 5.74) is 0.963. The standard InChI is InChI=1S/C14H19BrN2O3S/c1-11-5-6-13(12(15)9-11)21(19,20)16-10-14(18)17-7-3-2-4-8-17/h5-6,9,16H,2-4,7-8,10H2,1H3. The lowest BCUT2D eigenvalue weighted by atomic mass is 10.1. The lowest BCUT2D eigenvalue weighted by Gasteiger charge is -2.26.